The molecule has 226 valence electrons. The standard InChI is InChI=1S/C31H42N6O5/c1-6-31(12-16-36(17-13-31)29(40)42-30(3,4)5)37-24-11-14-32-28(39)25(24)26(35-37)34-21-7-10-23(20(2)19-21)27(38)33-15-18-41-22-8-9-22/h7,10-11,14,19,22H,6,8-9,12-13,15-18H2,1-5H3,(H,32,39)(H,33,38)(H,34,35). The predicted molar refractivity (Wildman–Crippen MR) is 161 cm³/mol. The number of H-pyrrole nitrogens is 1. The van der Waals surface area contributed by atoms with Crippen LogP contribution in [0.1, 0.15) is 75.7 Å². The van der Waals surface area contributed by atoms with Crippen molar-refractivity contribution in [2.45, 2.75) is 84.0 Å². The predicted octanol–water partition coefficient (Wildman–Crippen LogP) is 4.82. The zero-order chi connectivity index (χ0) is 30.1. The van der Waals surface area contributed by atoms with E-state index in [-0.39, 0.29) is 23.1 Å². The van der Waals surface area contributed by atoms with Crippen molar-refractivity contribution in [1.82, 2.24) is 25.0 Å². The number of ether oxygens (including phenoxy) is 2. The van der Waals surface area contributed by atoms with Crippen molar-refractivity contribution >= 4 is 34.4 Å². The van der Waals surface area contributed by atoms with Gasteiger partial charge in [-0.15, -0.1) is 0 Å². The number of aryl methyl sites for hydroxylation is 1. The number of nitrogens with one attached hydrogen (secondary N) is 3. The minimum absolute atomic E-state index is 0.146. The molecule has 3 N–H and O–H groups in total. The van der Waals surface area contributed by atoms with E-state index < -0.39 is 5.60 Å². The Morgan fingerprint density at radius 3 is 2.55 bits per heavy atom. The topological polar surface area (TPSA) is 131 Å². The fourth-order valence-electron chi connectivity index (χ4n) is 5.53. The number of anilines is 2. The molecule has 5 rings (SSSR count). The maximum Gasteiger partial charge on any atom is 0.410 e. The molecule has 1 saturated heterocycles. The first kappa shape index (κ1) is 29.6. The minimum Gasteiger partial charge on any atom is -0.444 e. The molecule has 11 nitrogen and oxygen atoms in total. The second-order valence-corrected chi connectivity index (χ2v) is 12.4. The number of benzene rings is 1. The van der Waals surface area contributed by atoms with Crippen molar-refractivity contribution in [1.29, 1.82) is 0 Å². The SMILES string of the molecule is CCC1(n2nc(Nc3ccc(C(=O)NCCOC4CC4)c(C)c3)c3c(=O)[nH]ccc32)CCN(C(=O)OC(C)(C)C)CC1. The third-order valence-corrected chi connectivity index (χ3v) is 8.06. The van der Waals surface area contributed by atoms with E-state index >= 15 is 0 Å². The zero-order valence-corrected chi connectivity index (χ0v) is 25.2. The van der Waals surface area contributed by atoms with Crippen LogP contribution in [0.5, 0.6) is 0 Å². The lowest BCUT2D eigenvalue weighted by molar-refractivity contribution is 0.0101. The summed E-state index contributed by atoms with van der Waals surface area (Å²) in [4.78, 5) is 43.0. The van der Waals surface area contributed by atoms with Crippen LogP contribution in [0.25, 0.3) is 10.9 Å². The third-order valence-electron chi connectivity index (χ3n) is 8.06. The first-order valence-electron chi connectivity index (χ1n) is 14.9. The molecule has 0 atom stereocenters. The number of rotatable bonds is 9. The molecule has 11 heteroatoms. The van der Waals surface area contributed by atoms with E-state index in [1.165, 1.54) is 0 Å². The van der Waals surface area contributed by atoms with Crippen LogP contribution in [0.4, 0.5) is 16.3 Å². The number of amides is 2. The van der Waals surface area contributed by atoms with Gasteiger partial charge in [-0.25, -0.2) is 4.79 Å². The number of carbonyl (C=O) groups is 2. The highest BCUT2D eigenvalue weighted by Gasteiger charge is 2.39. The molecule has 0 unspecified atom stereocenters. The Morgan fingerprint density at radius 1 is 1.17 bits per heavy atom. The molecule has 0 radical (unpaired) electrons. The Labute approximate surface area is 245 Å². The van der Waals surface area contributed by atoms with Crippen molar-refractivity contribution in [3.05, 3.63) is 51.9 Å². The van der Waals surface area contributed by atoms with Gasteiger partial charge >= 0.3 is 6.09 Å². The summed E-state index contributed by atoms with van der Waals surface area (Å²) in [5, 5.41) is 11.7. The van der Waals surface area contributed by atoms with Gasteiger partial charge in [-0.3, -0.25) is 14.3 Å². The van der Waals surface area contributed by atoms with E-state index in [0.717, 1.165) is 36.0 Å². The lowest BCUT2D eigenvalue weighted by atomic mass is 9.85. The summed E-state index contributed by atoms with van der Waals surface area (Å²) in [6.07, 6.45) is 6.04. The van der Waals surface area contributed by atoms with Crippen molar-refractivity contribution in [3.63, 3.8) is 0 Å². The quantitative estimate of drug-likeness (QED) is 0.310. The van der Waals surface area contributed by atoms with Gasteiger partial charge in [-0.2, -0.15) is 5.10 Å². The lowest BCUT2D eigenvalue weighted by Gasteiger charge is -2.42. The van der Waals surface area contributed by atoms with E-state index in [0.29, 0.717) is 62.0 Å². The van der Waals surface area contributed by atoms with Crippen LogP contribution >= 0.6 is 0 Å². The summed E-state index contributed by atoms with van der Waals surface area (Å²) in [5.41, 5.74) is 1.68. The monoisotopic (exact) mass is 578 g/mol. The molecule has 1 aliphatic heterocycles. The Kier molecular flexibility index (Phi) is 8.32. The smallest absolute Gasteiger partial charge is 0.410 e. The van der Waals surface area contributed by atoms with Gasteiger partial charge in [0.1, 0.15) is 11.0 Å². The lowest BCUT2D eigenvalue weighted by Crippen LogP contribution is -2.49. The Morgan fingerprint density at radius 2 is 1.90 bits per heavy atom. The number of carbonyl (C=O) groups excluding carboxylic acids is 2. The first-order valence-corrected chi connectivity index (χ1v) is 14.9. The summed E-state index contributed by atoms with van der Waals surface area (Å²) < 4.78 is 13.2. The molecule has 3 aromatic rings. The number of likely N-dealkylation sites (tertiary alicyclic amines) is 1. The van der Waals surface area contributed by atoms with E-state index in [1.807, 2.05) is 50.6 Å². The number of fused-ring (bicyclic) bond motifs is 1. The molecule has 2 fully saturated rings. The fourth-order valence-corrected chi connectivity index (χ4v) is 5.53. The van der Waals surface area contributed by atoms with E-state index in [2.05, 4.69) is 22.5 Å². The van der Waals surface area contributed by atoms with Crippen molar-refractivity contribution in [3.8, 4) is 0 Å². The average Bonchev–Trinajstić information content (AvgIpc) is 3.70. The molecule has 2 amide bonds. The Hall–Kier alpha value is -3.86. The van der Waals surface area contributed by atoms with E-state index in [1.54, 1.807) is 17.2 Å². The van der Waals surface area contributed by atoms with Crippen LogP contribution in [-0.4, -0.2) is 69.6 Å². The maximum absolute atomic E-state index is 13.1. The highest BCUT2D eigenvalue weighted by molar-refractivity contribution is 5.96. The van der Waals surface area contributed by atoms with Crippen LogP contribution in [0.15, 0.2) is 35.3 Å². The van der Waals surface area contributed by atoms with E-state index in [4.69, 9.17) is 14.6 Å². The van der Waals surface area contributed by atoms with Gasteiger partial charge in [0.15, 0.2) is 5.82 Å². The van der Waals surface area contributed by atoms with Gasteiger partial charge in [-0.05, 0) is 89.6 Å². The molecule has 1 saturated carbocycles. The molecule has 3 heterocycles. The van der Waals surface area contributed by atoms with E-state index in [9.17, 15) is 14.4 Å². The number of nitrogens with zero attached hydrogens (tertiary/aromatic N) is 3. The Balaban J connectivity index is 1.35. The highest BCUT2D eigenvalue weighted by atomic mass is 16.6. The van der Waals surface area contributed by atoms with Gasteiger partial charge in [0.05, 0.1) is 23.8 Å². The highest BCUT2D eigenvalue weighted by Crippen LogP contribution is 2.38. The fraction of sp³-hybridized carbons (Fsp3) is 0.548. The molecule has 2 aromatic heterocycles. The van der Waals surface area contributed by atoms with Gasteiger partial charge < -0.3 is 30.0 Å². The molecule has 0 bridgehead atoms. The van der Waals surface area contributed by atoms with Crippen LogP contribution in [-0.2, 0) is 15.0 Å². The summed E-state index contributed by atoms with van der Waals surface area (Å²) in [7, 11) is 0. The number of hydrogen-bond donors (Lipinski definition) is 3. The number of aromatic amines is 1. The maximum atomic E-state index is 13.1. The molecule has 42 heavy (non-hydrogen) atoms. The summed E-state index contributed by atoms with van der Waals surface area (Å²) >= 11 is 0. The van der Waals surface area contributed by atoms with Gasteiger partial charge in [0.25, 0.3) is 11.5 Å². The molecule has 2 aliphatic rings. The second kappa shape index (κ2) is 11.8. The number of piperidine rings is 1. The third kappa shape index (κ3) is 6.46. The van der Waals surface area contributed by atoms with Crippen molar-refractivity contribution in [2.24, 2.45) is 0 Å². The first-order chi connectivity index (χ1) is 20.0. The minimum atomic E-state index is -0.555. The summed E-state index contributed by atoms with van der Waals surface area (Å²) in [6, 6.07) is 7.35. The van der Waals surface area contributed by atoms with Crippen LogP contribution < -0.4 is 16.2 Å². The average molecular weight is 579 g/mol. The van der Waals surface area contributed by atoms with Crippen LogP contribution in [0.3, 0.4) is 0 Å². The molecule has 1 aromatic carbocycles. The number of hydrogen-bond acceptors (Lipinski definition) is 7. The summed E-state index contributed by atoms with van der Waals surface area (Å²) in [6.45, 7) is 11.6. The summed E-state index contributed by atoms with van der Waals surface area (Å²) in [5.74, 6) is 0.301. The molecule has 0 spiro atoms. The molecule has 1 aliphatic carbocycles. The van der Waals surface area contributed by atoms with Crippen LogP contribution in [0, 0.1) is 6.92 Å². The number of pyridine rings is 1. The normalized spacial score (nSPS) is 16.8. The molecular formula is C31H42N6O5. The Bertz CT molecular complexity index is 1510. The van der Waals surface area contributed by atoms with Gasteiger partial charge in [-0.1, -0.05) is 6.92 Å². The second-order valence-electron chi connectivity index (χ2n) is 12.4. The zero-order valence-electron chi connectivity index (χ0n) is 25.2. The van der Waals surface area contributed by atoms with Crippen molar-refractivity contribution < 1.29 is 19.1 Å². The van der Waals surface area contributed by atoms with Crippen molar-refractivity contribution in [2.75, 3.05) is 31.6 Å². The molecular weight excluding hydrogens is 536 g/mol. The van der Waals surface area contributed by atoms with Crippen LogP contribution in [0.2, 0.25) is 0 Å². The largest absolute Gasteiger partial charge is 0.444 e. The van der Waals surface area contributed by atoms with Gasteiger partial charge in [0.2, 0.25) is 0 Å². The van der Waals surface area contributed by atoms with Gasteiger partial charge in [0, 0.05) is 37.1 Å². The number of aromatic nitrogens is 3.